The van der Waals surface area contributed by atoms with Crippen molar-refractivity contribution < 1.29 is 8.42 Å². The van der Waals surface area contributed by atoms with Crippen molar-refractivity contribution in [1.29, 1.82) is 0 Å². The zero-order valence-corrected chi connectivity index (χ0v) is 10.7. The van der Waals surface area contributed by atoms with E-state index in [4.69, 9.17) is 11.6 Å². The Bertz CT molecular complexity index is 608. The minimum atomic E-state index is -3.49. The van der Waals surface area contributed by atoms with E-state index in [1.165, 1.54) is 12.4 Å². The number of H-pyrrole nitrogens is 1. The lowest BCUT2D eigenvalue weighted by atomic mass is 10.2. The quantitative estimate of drug-likeness (QED) is 0.932. The van der Waals surface area contributed by atoms with Crippen molar-refractivity contribution in [3.05, 3.63) is 47.2 Å². The van der Waals surface area contributed by atoms with Gasteiger partial charge >= 0.3 is 0 Å². The van der Waals surface area contributed by atoms with Gasteiger partial charge in [0.2, 0.25) is 15.0 Å². The van der Waals surface area contributed by atoms with Crippen LogP contribution in [0.15, 0.2) is 41.8 Å². The van der Waals surface area contributed by atoms with E-state index in [0.29, 0.717) is 10.6 Å². The van der Waals surface area contributed by atoms with Crippen LogP contribution in [0.2, 0.25) is 5.02 Å². The van der Waals surface area contributed by atoms with Crippen molar-refractivity contribution >= 4 is 21.4 Å². The van der Waals surface area contributed by atoms with Crippen LogP contribution in [0.3, 0.4) is 0 Å². The van der Waals surface area contributed by atoms with Gasteiger partial charge in [-0.05, 0) is 24.6 Å². The molecular weight excluding hydrogens is 260 g/mol. The molecule has 0 unspecified atom stereocenters. The second-order valence-corrected chi connectivity index (χ2v) is 6.26. The van der Waals surface area contributed by atoms with Crippen LogP contribution in [0.5, 0.6) is 0 Å². The number of nitrogens with zero attached hydrogens (tertiary/aromatic N) is 1. The number of hydrogen-bond donors (Lipinski definition) is 1. The Kier molecular flexibility index (Phi) is 3.22. The van der Waals surface area contributed by atoms with E-state index >= 15 is 0 Å². The summed E-state index contributed by atoms with van der Waals surface area (Å²) >= 11 is 5.85. The monoisotopic (exact) mass is 270 g/mol. The maximum absolute atomic E-state index is 12.2. The van der Waals surface area contributed by atoms with Crippen LogP contribution >= 0.6 is 11.6 Å². The normalized spacial score (nSPS) is 13.5. The van der Waals surface area contributed by atoms with Gasteiger partial charge in [0.25, 0.3) is 0 Å². The molecule has 1 N–H and O–H groups in total. The standard InChI is InChI=1S/C11H11ClN2O2S/c1-8(9-3-2-4-10(12)7-9)17(15,16)11-13-5-6-14-11/h2-8H,1H3,(H,13,14)/t8-/m0/s1. The van der Waals surface area contributed by atoms with Gasteiger partial charge in [0, 0.05) is 17.4 Å². The minimum absolute atomic E-state index is 0.0232. The third kappa shape index (κ3) is 2.35. The summed E-state index contributed by atoms with van der Waals surface area (Å²) in [5.41, 5.74) is 0.647. The van der Waals surface area contributed by atoms with Crippen LogP contribution in [0.1, 0.15) is 17.7 Å². The summed E-state index contributed by atoms with van der Waals surface area (Å²) in [6, 6.07) is 6.81. The van der Waals surface area contributed by atoms with Crippen LogP contribution < -0.4 is 0 Å². The smallest absolute Gasteiger partial charge is 0.225 e. The molecule has 0 bridgehead atoms. The van der Waals surface area contributed by atoms with Gasteiger partial charge in [-0.15, -0.1) is 0 Å². The lowest BCUT2D eigenvalue weighted by molar-refractivity contribution is 0.578. The number of halogens is 1. The summed E-state index contributed by atoms with van der Waals surface area (Å²) in [6.07, 6.45) is 2.90. The number of benzene rings is 1. The lowest BCUT2D eigenvalue weighted by Crippen LogP contribution is -2.12. The fourth-order valence-electron chi connectivity index (χ4n) is 1.51. The summed E-state index contributed by atoms with van der Waals surface area (Å²) < 4.78 is 24.3. The molecule has 0 aliphatic rings. The molecule has 0 spiro atoms. The zero-order chi connectivity index (χ0) is 12.5. The van der Waals surface area contributed by atoms with Gasteiger partial charge in [-0.2, -0.15) is 0 Å². The summed E-state index contributed by atoms with van der Waals surface area (Å²) in [6.45, 7) is 1.61. The number of imidazole rings is 1. The molecule has 0 saturated heterocycles. The Morgan fingerprint density at radius 3 is 2.76 bits per heavy atom. The Morgan fingerprint density at radius 1 is 1.41 bits per heavy atom. The highest BCUT2D eigenvalue weighted by Gasteiger charge is 2.27. The Labute approximate surface area is 105 Å². The van der Waals surface area contributed by atoms with Gasteiger partial charge in [-0.3, -0.25) is 0 Å². The van der Waals surface area contributed by atoms with Crippen LogP contribution in [0, 0.1) is 0 Å². The lowest BCUT2D eigenvalue weighted by Gasteiger charge is -2.11. The van der Waals surface area contributed by atoms with Crippen molar-refractivity contribution in [2.45, 2.75) is 17.3 Å². The fourth-order valence-corrected chi connectivity index (χ4v) is 2.99. The maximum atomic E-state index is 12.2. The molecular formula is C11H11ClN2O2S. The number of aromatic amines is 1. The van der Waals surface area contributed by atoms with Crippen LogP contribution in [0.4, 0.5) is 0 Å². The molecule has 1 atom stereocenters. The molecule has 4 nitrogen and oxygen atoms in total. The molecule has 17 heavy (non-hydrogen) atoms. The first-order valence-electron chi connectivity index (χ1n) is 5.00. The Balaban J connectivity index is 2.42. The van der Waals surface area contributed by atoms with Gasteiger partial charge in [-0.25, -0.2) is 13.4 Å². The predicted octanol–water partition coefficient (Wildman–Crippen LogP) is 2.60. The van der Waals surface area contributed by atoms with E-state index in [9.17, 15) is 8.42 Å². The summed E-state index contributed by atoms with van der Waals surface area (Å²) in [7, 11) is -3.49. The van der Waals surface area contributed by atoms with Crippen LogP contribution in [-0.2, 0) is 9.84 Å². The number of aromatic nitrogens is 2. The molecule has 1 aromatic heterocycles. The summed E-state index contributed by atoms with van der Waals surface area (Å²) in [5, 5.41) is -0.193. The molecule has 0 radical (unpaired) electrons. The highest BCUT2D eigenvalue weighted by molar-refractivity contribution is 7.91. The number of sulfone groups is 1. The maximum Gasteiger partial charge on any atom is 0.225 e. The van der Waals surface area contributed by atoms with Gasteiger partial charge in [0.1, 0.15) is 0 Å². The average molecular weight is 271 g/mol. The molecule has 0 fully saturated rings. The van der Waals surface area contributed by atoms with E-state index in [1.54, 1.807) is 31.2 Å². The number of hydrogen-bond acceptors (Lipinski definition) is 3. The molecule has 90 valence electrons. The number of nitrogens with one attached hydrogen (secondary N) is 1. The SMILES string of the molecule is C[C@@H](c1cccc(Cl)c1)S(=O)(=O)c1ncc[nH]1. The number of rotatable bonds is 3. The van der Waals surface area contributed by atoms with E-state index in [-0.39, 0.29) is 5.16 Å². The fraction of sp³-hybridized carbons (Fsp3) is 0.182. The van der Waals surface area contributed by atoms with Crippen molar-refractivity contribution in [3.63, 3.8) is 0 Å². The molecule has 2 rings (SSSR count). The molecule has 0 amide bonds. The largest absolute Gasteiger partial charge is 0.336 e. The van der Waals surface area contributed by atoms with Crippen molar-refractivity contribution in [3.8, 4) is 0 Å². The third-order valence-corrected chi connectivity index (χ3v) is 4.73. The first kappa shape index (κ1) is 12.1. The van der Waals surface area contributed by atoms with Crippen LogP contribution in [-0.4, -0.2) is 18.4 Å². The summed E-state index contributed by atoms with van der Waals surface area (Å²) in [5.74, 6) is 0. The molecule has 0 aliphatic carbocycles. The molecule has 0 aliphatic heterocycles. The topological polar surface area (TPSA) is 62.8 Å². The van der Waals surface area contributed by atoms with E-state index in [2.05, 4.69) is 9.97 Å². The highest BCUT2D eigenvalue weighted by Crippen LogP contribution is 2.27. The average Bonchev–Trinajstić information content (AvgIpc) is 2.82. The molecule has 2 aromatic rings. The predicted molar refractivity (Wildman–Crippen MR) is 65.6 cm³/mol. The van der Waals surface area contributed by atoms with Crippen LogP contribution in [0.25, 0.3) is 0 Å². The van der Waals surface area contributed by atoms with Gasteiger partial charge in [0.15, 0.2) is 0 Å². The molecule has 0 saturated carbocycles. The molecule has 6 heteroatoms. The first-order valence-corrected chi connectivity index (χ1v) is 6.93. The Morgan fingerprint density at radius 2 is 2.18 bits per heavy atom. The molecule has 1 heterocycles. The first-order chi connectivity index (χ1) is 8.01. The minimum Gasteiger partial charge on any atom is -0.336 e. The van der Waals surface area contributed by atoms with Crippen molar-refractivity contribution in [1.82, 2.24) is 9.97 Å². The third-order valence-electron chi connectivity index (χ3n) is 2.53. The van der Waals surface area contributed by atoms with E-state index in [0.717, 1.165) is 0 Å². The van der Waals surface area contributed by atoms with Gasteiger partial charge in [-0.1, -0.05) is 23.7 Å². The summed E-state index contributed by atoms with van der Waals surface area (Å²) in [4.78, 5) is 6.39. The van der Waals surface area contributed by atoms with Crippen molar-refractivity contribution in [2.75, 3.05) is 0 Å². The van der Waals surface area contributed by atoms with E-state index in [1.807, 2.05) is 0 Å². The van der Waals surface area contributed by atoms with Gasteiger partial charge < -0.3 is 4.98 Å². The van der Waals surface area contributed by atoms with E-state index < -0.39 is 15.1 Å². The molecule has 1 aromatic carbocycles. The zero-order valence-electron chi connectivity index (χ0n) is 9.09. The van der Waals surface area contributed by atoms with Crippen molar-refractivity contribution in [2.24, 2.45) is 0 Å². The second kappa shape index (κ2) is 4.50. The van der Waals surface area contributed by atoms with Gasteiger partial charge in [0.05, 0.1) is 5.25 Å². The highest BCUT2D eigenvalue weighted by atomic mass is 35.5. The second-order valence-electron chi connectivity index (χ2n) is 3.64. The Hall–Kier alpha value is -1.33.